The van der Waals surface area contributed by atoms with Crippen LogP contribution in [0, 0.1) is 0 Å². The number of phenolic OH excluding ortho intramolecular Hbond substituents is 1. The highest BCUT2D eigenvalue weighted by Crippen LogP contribution is 2.34. The zero-order chi connectivity index (χ0) is 21.9. The third kappa shape index (κ3) is 6.18. The Morgan fingerprint density at radius 3 is 2.39 bits per heavy atom. The minimum atomic E-state index is -0.929. The van der Waals surface area contributed by atoms with Crippen LogP contribution in [0.4, 0.5) is 0 Å². The monoisotopic (exact) mass is 468 g/mol. The Hall–Kier alpha value is -2.64. The van der Waals surface area contributed by atoms with E-state index >= 15 is 0 Å². The lowest BCUT2D eigenvalue weighted by atomic mass is 10.0. The van der Waals surface area contributed by atoms with Crippen LogP contribution in [0.3, 0.4) is 0 Å². The van der Waals surface area contributed by atoms with Crippen LogP contribution in [0.15, 0.2) is 42.5 Å². The molecule has 1 aliphatic heterocycles. The lowest BCUT2D eigenvalue weighted by molar-refractivity contribution is -0.140. The number of amides is 2. The van der Waals surface area contributed by atoms with Gasteiger partial charge >= 0.3 is 0 Å². The van der Waals surface area contributed by atoms with Crippen molar-refractivity contribution in [1.29, 1.82) is 0 Å². The lowest BCUT2D eigenvalue weighted by Crippen LogP contribution is -2.49. The van der Waals surface area contributed by atoms with Gasteiger partial charge in [-0.1, -0.05) is 18.2 Å². The number of ether oxygens (including phenoxy) is 2. The summed E-state index contributed by atoms with van der Waals surface area (Å²) in [6, 6.07) is 10.7. The first-order valence-corrected chi connectivity index (χ1v) is 10.1. The largest absolute Gasteiger partial charge is 0.508 e. The smallest absolute Gasteiger partial charge is 0.247 e. The number of phenols is 1. The molecule has 7 nitrogen and oxygen atoms in total. The molecule has 2 N–H and O–H groups in total. The lowest BCUT2D eigenvalue weighted by Gasteiger charge is -2.33. The van der Waals surface area contributed by atoms with Crippen LogP contribution in [0.1, 0.15) is 37.9 Å². The van der Waals surface area contributed by atoms with Crippen LogP contribution >= 0.6 is 24.0 Å². The Morgan fingerprint density at radius 1 is 1.13 bits per heavy atom. The minimum Gasteiger partial charge on any atom is -0.508 e. The predicted molar refractivity (Wildman–Crippen MR) is 120 cm³/mol. The number of nitrogens with one attached hydrogen (secondary N) is 1. The summed E-state index contributed by atoms with van der Waals surface area (Å²) in [6.45, 7) is 5.89. The van der Waals surface area contributed by atoms with E-state index in [1.165, 1.54) is 17.0 Å². The molecule has 1 atom stereocenters. The highest BCUT2D eigenvalue weighted by Gasteiger charge is 2.33. The van der Waals surface area contributed by atoms with Crippen molar-refractivity contribution in [3.8, 4) is 17.2 Å². The van der Waals surface area contributed by atoms with Crippen LogP contribution in [-0.2, 0) is 16.1 Å². The van der Waals surface area contributed by atoms with Gasteiger partial charge < -0.3 is 24.8 Å². The second kappa shape index (κ2) is 10.1. The molecule has 1 heterocycles. The molecular weight excluding hydrogens is 443 g/mol. The topological polar surface area (TPSA) is 88.1 Å². The van der Waals surface area contributed by atoms with Gasteiger partial charge in [-0.2, -0.15) is 0 Å². The second-order valence-corrected chi connectivity index (χ2v) is 8.34. The summed E-state index contributed by atoms with van der Waals surface area (Å²) in [5, 5.41) is 12.6. The number of halogens is 2. The van der Waals surface area contributed by atoms with E-state index in [0.717, 1.165) is 5.56 Å². The highest BCUT2D eigenvalue weighted by molar-refractivity contribution is 6.27. The molecule has 168 valence electrons. The second-order valence-electron chi connectivity index (χ2n) is 8.08. The highest BCUT2D eigenvalue weighted by atomic mass is 35.5. The minimum absolute atomic E-state index is 0. The first-order valence-electron chi connectivity index (χ1n) is 9.53. The Kier molecular flexibility index (Phi) is 8.03. The average molecular weight is 469 g/mol. The van der Waals surface area contributed by atoms with Crippen molar-refractivity contribution in [2.75, 3.05) is 12.7 Å². The third-order valence-electron chi connectivity index (χ3n) is 4.49. The van der Waals surface area contributed by atoms with Crippen LogP contribution in [0.5, 0.6) is 17.2 Å². The Bertz CT molecular complexity index is 928. The normalized spacial score (nSPS) is 13.2. The maximum atomic E-state index is 13.2. The van der Waals surface area contributed by atoms with Crippen molar-refractivity contribution >= 4 is 35.8 Å². The molecule has 3 rings (SSSR count). The molecule has 0 aliphatic carbocycles. The predicted octanol–water partition coefficient (Wildman–Crippen LogP) is 3.77. The molecule has 2 aromatic rings. The number of benzene rings is 2. The van der Waals surface area contributed by atoms with E-state index in [-0.39, 0.29) is 43.3 Å². The third-order valence-corrected chi connectivity index (χ3v) is 4.72. The zero-order valence-corrected chi connectivity index (χ0v) is 19.1. The SMILES string of the molecule is CC(C)(C)NC(=O)C(c1ccc(O)cc1)N(Cc1ccc2c(c1)OCO2)C(=O)CCl.Cl. The zero-order valence-electron chi connectivity index (χ0n) is 17.6. The molecule has 0 radical (unpaired) electrons. The van der Waals surface area contributed by atoms with Crippen molar-refractivity contribution < 1.29 is 24.2 Å². The number of hydrogen-bond acceptors (Lipinski definition) is 5. The van der Waals surface area contributed by atoms with Gasteiger partial charge in [-0.3, -0.25) is 9.59 Å². The molecule has 0 aromatic heterocycles. The summed E-state index contributed by atoms with van der Waals surface area (Å²) in [5.41, 5.74) is 0.833. The molecule has 31 heavy (non-hydrogen) atoms. The summed E-state index contributed by atoms with van der Waals surface area (Å²) in [7, 11) is 0. The van der Waals surface area contributed by atoms with E-state index in [1.807, 2.05) is 26.8 Å². The van der Waals surface area contributed by atoms with Crippen molar-refractivity contribution in [2.45, 2.75) is 38.9 Å². The molecule has 0 fully saturated rings. The number of fused-ring (bicyclic) bond motifs is 1. The molecule has 1 aliphatic rings. The number of aromatic hydroxyl groups is 1. The molecule has 0 saturated carbocycles. The van der Waals surface area contributed by atoms with Gasteiger partial charge in [0.1, 0.15) is 17.7 Å². The summed E-state index contributed by atoms with van der Waals surface area (Å²) >= 11 is 5.89. The van der Waals surface area contributed by atoms with Crippen molar-refractivity contribution in [3.05, 3.63) is 53.6 Å². The summed E-state index contributed by atoms with van der Waals surface area (Å²) < 4.78 is 10.8. The van der Waals surface area contributed by atoms with E-state index in [4.69, 9.17) is 21.1 Å². The maximum absolute atomic E-state index is 13.2. The summed E-state index contributed by atoms with van der Waals surface area (Å²) in [6.07, 6.45) is 0. The molecule has 0 spiro atoms. The summed E-state index contributed by atoms with van der Waals surface area (Å²) in [4.78, 5) is 27.5. The van der Waals surface area contributed by atoms with E-state index in [2.05, 4.69) is 5.32 Å². The molecule has 1 unspecified atom stereocenters. The molecule has 9 heteroatoms. The van der Waals surface area contributed by atoms with Gasteiger partial charge in [0, 0.05) is 12.1 Å². The first-order chi connectivity index (χ1) is 14.2. The van der Waals surface area contributed by atoms with E-state index in [0.29, 0.717) is 17.1 Å². The van der Waals surface area contributed by atoms with Crippen LogP contribution < -0.4 is 14.8 Å². The number of nitrogens with zero attached hydrogens (tertiary/aromatic N) is 1. The Morgan fingerprint density at radius 2 is 1.77 bits per heavy atom. The van der Waals surface area contributed by atoms with Crippen LogP contribution in [-0.4, -0.2) is 40.0 Å². The van der Waals surface area contributed by atoms with Crippen molar-refractivity contribution in [1.82, 2.24) is 10.2 Å². The summed E-state index contributed by atoms with van der Waals surface area (Å²) in [5.74, 6) is 0.284. The molecule has 0 saturated heterocycles. The molecule has 0 bridgehead atoms. The number of rotatable bonds is 6. The van der Waals surface area contributed by atoms with Crippen LogP contribution in [0.2, 0.25) is 0 Å². The first kappa shape index (κ1) is 24.6. The molecule has 2 aromatic carbocycles. The fourth-order valence-electron chi connectivity index (χ4n) is 3.20. The van der Waals surface area contributed by atoms with Crippen molar-refractivity contribution in [3.63, 3.8) is 0 Å². The van der Waals surface area contributed by atoms with E-state index in [1.54, 1.807) is 24.3 Å². The van der Waals surface area contributed by atoms with E-state index < -0.39 is 17.5 Å². The van der Waals surface area contributed by atoms with Gasteiger partial charge in [0.2, 0.25) is 18.6 Å². The van der Waals surface area contributed by atoms with Gasteiger partial charge in [-0.05, 0) is 56.2 Å². The van der Waals surface area contributed by atoms with Crippen LogP contribution in [0.25, 0.3) is 0 Å². The fraction of sp³-hybridized carbons (Fsp3) is 0.364. The Balaban J connectivity index is 0.00000341. The Labute approximate surface area is 192 Å². The number of alkyl halides is 1. The van der Waals surface area contributed by atoms with Gasteiger partial charge in [0.05, 0.1) is 0 Å². The number of carbonyl (C=O) groups is 2. The average Bonchev–Trinajstić information content (AvgIpc) is 3.14. The molecule has 2 amide bonds. The van der Waals surface area contributed by atoms with Gasteiger partial charge in [-0.25, -0.2) is 0 Å². The van der Waals surface area contributed by atoms with E-state index in [9.17, 15) is 14.7 Å². The van der Waals surface area contributed by atoms with Gasteiger partial charge in [0.15, 0.2) is 11.5 Å². The number of hydrogen-bond donors (Lipinski definition) is 2. The fourth-order valence-corrected chi connectivity index (χ4v) is 3.36. The number of carbonyl (C=O) groups excluding carboxylic acids is 2. The van der Waals surface area contributed by atoms with Gasteiger partial charge in [0.25, 0.3) is 0 Å². The van der Waals surface area contributed by atoms with Gasteiger partial charge in [-0.15, -0.1) is 24.0 Å². The van der Waals surface area contributed by atoms with Crippen molar-refractivity contribution in [2.24, 2.45) is 0 Å². The quantitative estimate of drug-likeness (QED) is 0.629. The maximum Gasteiger partial charge on any atom is 0.247 e. The standard InChI is InChI=1S/C22H25ClN2O5.ClH/c1-22(2,3)24-21(28)20(15-5-7-16(26)8-6-15)25(19(27)11-23)12-14-4-9-17-18(10-14)30-13-29-17;/h4-10,20,26H,11-13H2,1-3H3,(H,24,28);1H. The molecular formula is C22H26Cl2N2O5.